The van der Waals surface area contributed by atoms with Crippen LogP contribution in [-0.4, -0.2) is 4.98 Å². The third-order valence-corrected chi connectivity index (χ3v) is 1.64. The summed E-state index contributed by atoms with van der Waals surface area (Å²) < 4.78 is 0. The second-order valence-electron chi connectivity index (χ2n) is 2.39. The molecule has 0 atom stereocenters. The summed E-state index contributed by atoms with van der Waals surface area (Å²) in [5.74, 6) is 0.367. The van der Waals surface area contributed by atoms with E-state index in [9.17, 15) is 4.91 Å². The van der Waals surface area contributed by atoms with Gasteiger partial charge in [0.05, 0.1) is 0 Å². The molecule has 1 aromatic carbocycles. The van der Waals surface area contributed by atoms with Crippen molar-refractivity contribution in [3.8, 4) is 5.88 Å². The molecule has 0 spiro atoms. The van der Waals surface area contributed by atoms with Gasteiger partial charge in [-0.2, -0.15) is 0 Å². The normalized spacial score (nSPS) is 10.0. The summed E-state index contributed by atoms with van der Waals surface area (Å²) in [6.45, 7) is 0. The highest BCUT2D eigenvalue weighted by atomic mass is 16.7. The van der Waals surface area contributed by atoms with Crippen molar-refractivity contribution in [2.75, 3.05) is 0 Å². The standard InChI is InChI=1S/C8H6N2O2/c11-10-12-8-5-6-3-1-2-4-7(6)9-8/h1-5,9H. The Labute approximate surface area is 68.1 Å². The number of aromatic nitrogens is 1. The molecule has 4 heteroatoms. The first kappa shape index (κ1) is 6.84. The Balaban J connectivity index is 2.54. The van der Waals surface area contributed by atoms with Gasteiger partial charge < -0.3 is 9.82 Å². The van der Waals surface area contributed by atoms with Crippen molar-refractivity contribution in [3.05, 3.63) is 35.2 Å². The molecule has 0 saturated carbocycles. The largest absolute Gasteiger partial charge is 0.323 e. The van der Waals surface area contributed by atoms with Gasteiger partial charge in [-0.25, -0.2) is 0 Å². The first-order chi connectivity index (χ1) is 5.90. The van der Waals surface area contributed by atoms with Gasteiger partial charge in [-0.3, -0.25) is 0 Å². The smallest absolute Gasteiger partial charge is 0.231 e. The summed E-state index contributed by atoms with van der Waals surface area (Å²) in [4.78, 5) is 17.0. The molecule has 0 aliphatic heterocycles. The Bertz CT molecular complexity index is 375. The molecule has 60 valence electrons. The third-order valence-electron chi connectivity index (χ3n) is 1.64. The molecule has 0 saturated heterocycles. The van der Waals surface area contributed by atoms with Gasteiger partial charge in [0.1, 0.15) is 0 Å². The van der Waals surface area contributed by atoms with Gasteiger partial charge in [0, 0.05) is 17.0 Å². The minimum Gasteiger partial charge on any atom is -0.323 e. The summed E-state index contributed by atoms with van der Waals surface area (Å²) in [5.41, 5.74) is 0.927. The monoisotopic (exact) mass is 162 g/mol. The van der Waals surface area contributed by atoms with E-state index in [1.165, 1.54) is 0 Å². The summed E-state index contributed by atoms with van der Waals surface area (Å²) in [6, 6.07) is 9.35. The van der Waals surface area contributed by atoms with E-state index in [-0.39, 0.29) is 0 Å². The summed E-state index contributed by atoms with van der Waals surface area (Å²) in [7, 11) is 0. The molecule has 0 amide bonds. The second kappa shape index (κ2) is 2.65. The van der Waals surface area contributed by atoms with Crippen molar-refractivity contribution >= 4 is 10.9 Å². The Morgan fingerprint density at radius 2 is 2.17 bits per heavy atom. The topological polar surface area (TPSA) is 54.4 Å². The van der Waals surface area contributed by atoms with E-state index in [2.05, 4.69) is 15.2 Å². The lowest BCUT2D eigenvalue weighted by atomic mass is 10.3. The van der Waals surface area contributed by atoms with Crippen LogP contribution in [0.2, 0.25) is 0 Å². The number of nitrogens with zero attached hydrogens (tertiary/aromatic N) is 1. The van der Waals surface area contributed by atoms with Crippen molar-refractivity contribution in [2.45, 2.75) is 0 Å². The highest BCUT2D eigenvalue weighted by molar-refractivity contribution is 5.81. The SMILES string of the molecule is O=NOc1cc2ccccc2[nH]1. The van der Waals surface area contributed by atoms with Crippen LogP contribution in [0, 0.1) is 4.91 Å². The van der Waals surface area contributed by atoms with E-state index < -0.39 is 0 Å². The van der Waals surface area contributed by atoms with Crippen LogP contribution < -0.4 is 4.84 Å². The van der Waals surface area contributed by atoms with Crippen LogP contribution in [0.3, 0.4) is 0 Å². The number of para-hydroxylation sites is 1. The van der Waals surface area contributed by atoms with Crippen molar-refractivity contribution in [1.82, 2.24) is 4.98 Å². The first-order valence-electron chi connectivity index (χ1n) is 3.47. The summed E-state index contributed by atoms with van der Waals surface area (Å²) in [5, 5.41) is 3.32. The zero-order chi connectivity index (χ0) is 8.39. The summed E-state index contributed by atoms with van der Waals surface area (Å²) in [6.07, 6.45) is 0. The molecular weight excluding hydrogens is 156 g/mol. The van der Waals surface area contributed by atoms with Crippen LogP contribution in [0.25, 0.3) is 10.9 Å². The fraction of sp³-hybridized carbons (Fsp3) is 0. The number of rotatable bonds is 2. The van der Waals surface area contributed by atoms with Crippen LogP contribution in [0.1, 0.15) is 0 Å². The predicted octanol–water partition coefficient (Wildman–Crippen LogP) is 2.23. The van der Waals surface area contributed by atoms with Gasteiger partial charge >= 0.3 is 0 Å². The molecule has 0 radical (unpaired) electrons. The van der Waals surface area contributed by atoms with Crippen molar-refractivity contribution in [3.63, 3.8) is 0 Å². The lowest BCUT2D eigenvalue weighted by Crippen LogP contribution is -1.77. The lowest BCUT2D eigenvalue weighted by Gasteiger charge is -1.84. The maximum Gasteiger partial charge on any atom is 0.231 e. The number of fused-ring (bicyclic) bond motifs is 1. The zero-order valence-electron chi connectivity index (χ0n) is 6.15. The predicted molar refractivity (Wildman–Crippen MR) is 44.7 cm³/mol. The molecule has 0 fully saturated rings. The van der Waals surface area contributed by atoms with Crippen molar-refractivity contribution < 1.29 is 4.84 Å². The van der Waals surface area contributed by atoms with E-state index >= 15 is 0 Å². The average molecular weight is 162 g/mol. The summed E-state index contributed by atoms with van der Waals surface area (Å²) >= 11 is 0. The Hall–Kier alpha value is -1.84. The van der Waals surface area contributed by atoms with E-state index in [0.717, 1.165) is 10.9 Å². The minimum absolute atomic E-state index is 0.367. The molecule has 12 heavy (non-hydrogen) atoms. The van der Waals surface area contributed by atoms with Crippen molar-refractivity contribution in [1.29, 1.82) is 0 Å². The highest BCUT2D eigenvalue weighted by Gasteiger charge is 1.99. The van der Waals surface area contributed by atoms with Gasteiger partial charge in [0.2, 0.25) is 5.88 Å². The van der Waals surface area contributed by atoms with Crippen LogP contribution in [0.15, 0.2) is 35.7 Å². The number of H-pyrrole nitrogens is 1. The van der Waals surface area contributed by atoms with E-state index in [1.54, 1.807) is 6.07 Å². The van der Waals surface area contributed by atoms with Gasteiger partial charge in [-0.05, 0) is 6.07 Å². The molecular formula is C8H6N2O2. The lowest BCUT2D eigenvalue weighted by molar-refractivity contribution is 0.324. The minimum atomic E-state index is 0.367. The fourth-order valence-electron chi connectivity index (χ4n) is 1.14. The van der Waals surface area contributed by atoms with E-state index in [0.29, 0.717) is 5.88 Å². The van der Waals surface area contributed by atoms with Crippen LogP contribution >= 0.6 is 0 Å². The molecule has 1 aromatic heterocycles. The molecule has 1 heterocycles. The number of hydrogen-bond donors (Lipinski definition) is 1. The molecule has 0 aliphatic carbocycles. The first-order valence-corrected chi connectivity index (χ1v) is 3.47. The molecule has 2 rings (SSSR count). The number of hydrogen-bond acceptors (Lipinski definition) is 3. The maximum absolute atomic E-state index is 9.76. The fourth-order valence-corrected chi connectivity index (χ4v) is 1.14. The van der Waals surface area contributed by atoms with Crippen molar-refractivity contribution in [2.24, 2.45) is 5.34 Å². The Morgan fingerprint density at radius 3 is 2.92 bits per heavy atom. The van der Waals surface area contributed by atoms with E-state index in [4.69, 9.17) is 0 Å². The Kier molecular flexibility index (Phi) is 1.51. The Morgan fingerprint density at radius 1 is 1.33 bits per heavy atom. The maximum atomic E-state index is 9.76. The number of nitrogens with one attached hydrogen (secondary N) is 1. The molecule has 2 aromatic rings. The molecule has 1 N–H and O–H groups in total. The number of benzene rings is 1. The van der Waals surface area contributed by atoms with Crippen LogP contribution in [0.4, 0.5) is 0 Å². The quantitative estimate of drug-likeness (QED) is 0.543. The zero-order valence-corrected chi connectivity index (χ0v) is 6.15. The van der Waals surface area contributed by atoms with Gasteiger partial charge in [-0.1, -0.05) is 18.2 Å². The van der Waals surface area contributed by atoms with Gasteiger partial charge in [-0.15, -0.1) is 4.91 Å². The average Bonchev–Trinajstić information content (AvgIpc) is 2.47. The van der Waals surface area contributed by atoms with Gasteiger partial charge in [0.15, 0.2) is 5.34 Å². The molecule has 0 unspecified atom stereocenters. The molecule has 4 nitrogen and oxygen atoms in total. The molecule has 0 aliphatic rings. The second-order valence-corrected chi connectivity index (χ2v) is 2.39. The molecule has 0 bridgehead atoms. The van der Waals surface area contributed by atoms with Crippen LogP contribution in [-0.2, 0) is 0 Å². The third kappa shape index (κ3) is 1.03. The van der Waals surface area contributed by atoms with Crippen LogP contribution in [0.5, 0.6) is 5.88 Å². The highest BCUT2D eigenvalue weighted by Crippen LogP contribution is 2.19. The number of aromatic amines is 1. The van der Waals surface area contributed by atoms with Gasteiger partial charge in [0.25, 0.3) is 0 Å². The van der Waals surface area contributed by atoms with E-state index in [1.807, 2.05) is 24.3 Å².